The van der Waals surface area contributed by atoms with Gasteiger partial charge in [-0.15, -0.1) is 0 Å². The number of hydrogen-bond donors (Lipinski definition) is 0. The molecule has 74 valence electrons. The number of nitrogens with zero attached hydrogens (tertiary/aromatic N) is 1. The number of esters is 1. The fraction of sp³-hybridized carbons (Fsp3) is 0.500. The second-order valence-corrected chi connectivity index (χ2v) is 2.35. The zero-order chi connectivity index (χ0) is 10.3. The third-order valence-electron chi connectivity index (χ3n) is 1.14. The first kappa shape index (κ1) is 11.6. The number of ether oxygens (including phenoxy) is 1. The number of hydrogen-bond acceptors (Lipinski definition) is 4. The van der Waals surface area contributed by atoms with Gasteiger partial charge >= 0.3 is 5.97 Å². The fourth-order valence-electron chi connectivity index (χ4n) is 0.697. The van der Waals surface area contributed by atoms with Gasteiger partial charge < -0.3 is 9.64 Å². The normalized spacial score (nSPS) is 10.8. The third kappa shape index (κ3) is 5.84. The van der Waals surface area contributed by atoms with Crippen molar-refractivity contribution in [3.8, 4) is 0 Å². The summed E-state index contributed by atoms with van der Waals surface area (Å²) in [5, 5.41) is 0. The Hall–Kier alpha value is -1.39. The molecule has 13 heavy (non-hydrogen) atoms. The van der Waals surface area contributed by atoms with Gasteiger partial charge in [0.05, 0.1) is 6.61 Å². The average molecular weight is 189 g/mol. The highest BCUT2D eigenvalue weighted by Crippen LogP contribution is 1.94. The molecule has 0 bridgehead atoms. The Balaban J connectivity index is 3.93. The molecular weight excluding hydrogens is 177 g/mol. The highest BCUT2D eigenvalue weighted by molar-refractivity contribution is 5.72. The minimum Gasteiger partial charge on any atom is -0.465 e. The van der Waals surface area contributed by atoms with Crippen molar-refractivity contribution >= 4 is 12.3 Å². The molecule has 0 aromatic carbocycles. The number of halogens is 1. The van der Waals surface area contributed by atoms with Gasteiger partial charge in [-0.1, -0.05) is 0 Å². The van der Waals surface area contributed by atoms with Crippen molar-refractivity contribution in [3.63, 3.8) is 0 Å². The van der Waals surface area contributed by atoms with Gasteiger partial charge in [0.25, 0.3) is 0 Å². The lowest BCUT2D eigenvalue weighted by molar-refractivity contribution is -0.143. The maximum absolute atomic E-state index is 12.3. The Bertz CT molecular complexity index is 215. The summed E-state index contributed by atoms with van der Waals surface area (Å²) >= 11 is 0. The molecule has 0 aliphatic heterocycles. The van der Waals surface area contributed by atoms with Gasteiger partial charge in [0, 0.05) is 13.2 Å². The van der Waals surface area contributed by atoms with Crippen LogP contribution in [0.15, 0.2) is 12.0 Å². The van der Waals surface area contributed by atoms with E-state index in [9.17, 15) is 14.0 Å². The van der Waals surface area contributed by atoms with Gasteiger partial charge in [0.1, 0.15) is 6.54 Å². The number of carbonyl (C=O) groups is 2. The van der Waals surface area contributed by atoms with Crippen LogP contribution in [0, 0.1) is 0 Å². The van der Waals surface area contributed by atoms with Crippen LogP contribution in [0.3, 0.4) is 0 Å². The molecule has 0 radical (unpaired) electrons. The topological polar surface area (TPSA) is 46.6 Å². The summed E-state index contributed by atoms with van der Waals surface area (Å²) < 4.78 is 16.9. The van der Waals surface area contributed by atoms with Crippen molar-refractivity contribution in [2.75, 3.05) is 20.2 Å². The number of carbonyl (C=O) groups excluding carboxylic acids is 2. The van der Waals surface area contributed by atoms with E-state index in [2.05, 4.69) is 4.74 Å². The van der Waals surface area contributed by atoms with Crippen LogP contribution in [-0.2, 0) is 14.3 Å². The highest BCUT2D eigenvalue weighted by atomic mass is 19.1. The number of rotatable bonds is 5. The van der Waals surface area contributed by atoms with Gasteiger partial charge in [0.2, 0.25) is 0 Å². The zero-order valence-corrected chi connectivity index (χ0v) is 7.62. The van der Waals surface area contributed by atoms with E-state index in [1.54, 1.807) is 6.92 Å². The van der Waals surface area contributed by atoms with Crippen LogP contribution >= 0.6 is 0 Å². The van der Waals surface area contributed by atoms with E-state index in [4.69, 9.17) is 0 Å². The van der Waals surface area contributed by atoms with E-state index in [0.717, 1.165) is 6.20 Å². The molecule has 0 atom stereocenters. The minimum atomic E-state index is -0.924. The van der Waals surface area contributed by atoms with Gasteiger partial charge in [-0.25, -0.2) is 4.39 Å². The summed E-state index contributed by atoms with van der Waals surface area (Å²) in [5.74, 6) is -1.38. The molecule has 4 nitrogen and oxygen atoms in total. The third-order valence-corrected chi connectivity index (χ3v) is 1.14. The van der Waals surface area contributed by atoms with Crippen molar-refractivity contribution in [3.05, 3.63) is 12.0 Å². The summed E-state index contributed by atoms with van der Waals surface area (Å²) in [5.41, 5.74) is 0. The monoisotopic (exact) mass is 189 g/mol. The SMILES string of the molecule is CCOC(=O)CN(C)/C=C(\F)C=O. The molecular formula is C8H12FNO3. The van der Waals surface area contributed by atoms with E-state index in [0.29, 0.717) is 0 Å². The van der Waals surface area contributed by atoms with Crippen LogP contribution in [0.1, 0.15) is 6.92 Å². The van der Waals surface area contributed by atoms with E-state index >= 15 is 0 Å². The molecule has 0 amide bonds. The van der Waals surface area contributed by atoms with Crippen LogP contribution in [-0.4, -0.2) is 37.4 Å². The fourth-order valence-corrected chi connectivity index (χ4v) is 0.697. The molecule has 0 fully saturated rings. The van der Waals surface area contributed by atoms with Crippen molar-refractivity contribution in [1.29, 1.82) is 0 Å². The maximum Gasteiger partial charge on any atom is 0.325 e. The van der Waals surface area contributed by atoms with Gasteiger partial charge in [-0.05, 0) is 6.92 Å². The highest BCUT2D eigenvalue weighted by Gasteiger charge is 2.04. The van der Waals surface area contributed by atoms with Crippen molar-refractivity contribution in [2.24, 2.45) is 0 Å². The standard InChI is InChI=1S/C8H12FNO3/c1-3-13-8(12)5-10(2)4-7(9)6-11/h4,6H,3,5H2,1-2H3/b7-4-. The first-order chi connectivity index (χ1) is 6.10. The predicted molar refractivity (Wildman–Crippen MR) is 44.5 cm³/mol. The average Bonchev–Trinajstić information content (AvgIpc) is 2.04. The van der Waals surface area contributed by atoms with E-state index in [1.807, 2.05) is 0 Å². The minimum absolute atomic E-state index is 0.0711. The molecule has 0 aromatic rings. The number of allylic oxidation sites excluding steroid dienone is 1. The summed E-state index contributed by atoms with van der Waals surface area (Å²) in [4.78, 5) is 21.9. The Kier molecular flexibility index (Phi) is 5.50. The lowest BCUT2D eigenvalue weighted by Gasteiger charge is -2.11. The summed E-state index contributed by atoms with van der Waals surface area (Å²) in [7, 11) is 1.47. The molecule has 0 aromatic heterocycles. The maximum atomic E-state index is 12.3. The first-order valence-electron chi connectivity index (χ1n) is 3.78. The molecule has 5 heteroatoms. The number of likely N-dealkylation sites (N-methyl/N-ethyl adjacent to an activating group) is 1. The van der Waals surface area contributed by atoms with Crippen molar-refractivity contribution in [2.45, 2.75) is 6.92 Å². The smallest absolute Gasteiger partial charge is 0.325 e. The van der Waals surface area contributed by atoms with Crippen molar-refractivity contribution < 1.29 is 18.7 Å². The molecule has 0 rings (SSSR count). The predicted octanol–water partition coefficient (Wildman–Crippen LogP) is 0.491. The summed E-state index contributed by atoms with van der Waals surface area (Å²) in [6.07, 6.45) is 1.01. The second kappa shape index (κ2) is 6.16. The van der Waals surface area contributed by atoms with E-state index in [-0.39, 0.29) is 19.4 Å². The first-order valence-corrected chi connectivity index (χ1v) is 3.78. The van der Waals surface area contributed by atoms with Crippen LogP contribution in [0.4, 0.5) is 4.39 Å². The zero-order valence-electron chi connectivity index (χ0n) is 7.62. The Morgan fingerprint density at radius 2 is 2.23 bits per heavy atom. The molecule has 0 aliphatic rings. The molecule has 0 spiro atoms. The Morgan fingerprint density at radius 1 is 1.62 bits per heavy atom. The lowest BCUT2D eigenvalue weighted by atomic mass is 10.5. The van der Waals surface area contributed by atoms with Crippen LogP contribution in [0.2, 0.25) is 0 Å². The molecule has 0 N–H and O–H groups in total. The van der Waals surface area contributed by atoms with Gasteiger partial charge in [-0.2, -0.15) is 0 Å². The second-order valence-electron chi connectivity index (χ2n) is 2.35. The van der Waals surface area contributed by atoms with Crippen LogP contribution in [0.5, 0.6) is 0 Å². The summed E-state index contributed by atoms with van der Waals surface area (Å²) in [6, 6.07) is 0. The van der Waals surface area contributed by atoms with E-state index in [1.165, 1.54) is 11.9 Å². The lowest BCUT2D eigenvalue weighted by Crippen LogP contribution is -2.23. The summed E-state index contributed by atoms with van der Waals surface area (Å²) in [6.45, 7) is 1.89. The van der Waals surface area contributed by atoms with Gasteiger partial charge in [0.15, 0.2) is 12.1 Å². The Labute approximate surface area is 76.0 Å². The molecule has 0 saturated carbocycles. The van der Waals surface area contributed by atoms with E-state index < -0.39 is 11.8 Å². The molecule has 0 saturated heterocycles. The Morgan fingerprint density at radius 3 is 2.69 bits per heavy atom. The quantitative estimate of drug-likeness (QED) is 0.359. The van der Waals surface area contributed by atoms with Gasteiger partial charge in [-0.3, -0.25) is 9.59 Å². The number of aldehydes is 1. The van der Waals surface area contributed by atoms with Crippen LogP contribution < -0.4 is 0 Å². The van der Waals surface area contributed by atoms with Crippen LogP contribution in [0.25, 0.3) is 0 Å². The molecule has 0 heterocycles. The molecule has 0 unspecified atom stereocenters. The molecule has 0 aliphatic carbocycles. The van der Waals surface area contributed by atoms with Crippen molar-refractivity contribution in [1.82, 2.24) is 4.90 Å². The largest absolute Gasteiger partial charge is 0.465 e.